The minimum atomic E-state index is -1.45. The van der Waals surface area contributed by atoms with Gasteiger partial charge in [-0.2, -0.15) is 0 Å². The van der Waals surface area contributed by atoms with Crippen LogP contribution in [0.3, 0.4) is 0 Å². The first kappa shape index (κ1) is 21.1. The van der Waals surface area contributed by atoms with Crippen molar-refractivity contribution in [2.75, 3.05) is 16.3 Å². The van der Waals surface area contributed by atoms with E-state index in [1.165, 1.54) is 11.1 Å². The SMILES string of the molecule is O=C1NC(=O)C2(CCCN2c2ccc(Oc3ccc4c(c3)CN(c3ccncc3)C4)nc2)C(=O)N1. The molecule has 3 aliphatic rings. The Kier molecular flexibility index (Phi) is 4.87. The monoisotopic (exact) mass is 470 g/mol. The predicted octanol–water partition coefficient (Wildman–Crippen LogP) is 2.49. The molecule has 0 aliphatic carbocycles. The minimum absolute atomic E-state index is 0.321. The average molecular weight is 470 g/mol. The topological polar surface area (TPSA) is 117 Å². The first-order valence-corrected chi connectivity index (χ1v) is 11.4. The van der Waals surface area contributed by atoms with E-state index in [1.54, 1.807) is 35.6 Å². The maximum Gasteiger partial charge on any atom is 0.328 e. The van der Waals surface area contributed by atoms with Gasteiger partial charge in [0.25, 0.3) is 11.8 Å². The zero-order valence-corrected chi connectivity index (χ0v) is 18.7. The predicted molar refractivity (Wildman–Crippen MR) is 126 cm³/mol. The molecule has 10 heteroatoms. The molecule has 2 aromatic heterocycles. The summed E-state index contributed by atoms with van der Waals surface area (Å²) >= 11 is 0. The van der Waals surface area contributed by atoms with Crippen LogP contribution in [-0.2, 0) is 22.7 Å². The van der Waals surface area contributed by atoms with Crippen LogP contribution in [-0.4, -0.2) is 39.9 Å². The van der Waals surface area contributed by atoms with Crippen molar-refractivity contribution >= 4 is 29.2 Å². The van der Waals surface area contributed by atoms with Crippen LogP contribution in [0.4, 0.5) is 16.2 Å². The Bertz CT molecular complexity index is 1310. The number of pyridine rings is 2. The maximum atomic E-state index is 12.7. The van der Waals surface area contributed by atoms with Gasteiger partial charge in [-0.15, -0.1) is 0 Å². The third kappa shape index (κ3) is 3.54. The molecule has 3 aromatic rings. The fourth-order valence-corrected chi connectivity index (χ4v) is 5.07. The molecule has 0 radical (unpaired) electrons. The first-order chi connectivity index (χ1) is 17.0. The zero-order valence-electron chi connectivity index (χ0n) is 18.7. The summed E-state index contributed by atoms with van der Waals surface area (Å²) in [6, 6.07) is 12.7. The van der Waals surface area contributed by atoms with E-state index in [-0.39, 0.29) is 0 Å². The molecule has 6 rings (SSSR count). The second-order valence-electron chi connectivity index (χ2n) is 8.80. The van der Waals surface area contributed by atoms with Crippen molar-refractivity contribution in [3.8, 4) is 11.6 Å². The molecule has 0 unspecified atom stereocenters. The van der Waals surface area contributed by atoms with Gasteiger partial charge in [-0.3, -0.25) is 25.2 Å². The van der Waals surface area contributed by atoms with Crippen molar-refractivity contribution < 1.29 is 19.1 Å². The molecule has 35 heavy (non-hydrogen) atoms. The number of hydrogen-bond acceptors (Lipinski definition) is 8. The van der Waals surface area contributed by atoms with Gasteiger partial charge in [0.1, 0.15) is 5.75 Å². The number of carbonyl (C=O) groups is 3. The van der Waals surface area contributed by atoms with Crippen LogP contribution in [0, 0.1) is 0 Å². The molecule has 0 bridgehead atoms. The van der Waals surface area contributed by atoms with Crippen molar-refractivity contribution in [1.82, 2.24) is 20.6 Å². The van der Waals surface area contributed by atoms with Crippen LogP contribution in [0.15, 0.2) is 61.1 Å². The fourth-order valence-electron chi connectivity index (χ4n) is 5.07. The minimum Gasteiger partial charge on any atom is -0.439 e. The molecular weight excluding hydrogens is 448 g/mol. The zero-order chi connectivity index (χ0) is 24.0. The van der Waals surface area contributed by atoms with Gasteiger partial charge in [-0.1, -0.05) is 6.07 Å². The van der Waals surface area contributed by atoms with Crippen molar-refractivity contribution in [3.63, 3.8) is 0 Å². The maximum absolute atomic E-state index is 12.7. The quantitative estimate of drug-likeness (QED) is 0.559. The molecule has 2 N–H and O–H groups in total. The molecule has 2 fully saturated rings. The summed E-state index contributed by atoms with van der Waals surface area (Å²) in [5.74, 6) is -0.132. The number of hydrogen-bond donors (Lipinski definition) is 2. The van der Waals surface area contributed by atoms with Gasteiger partial charge >= 0.3 is 6.03 Å². The third-order valence-electron chi connectivity index (χ3n) is 6.77. The summed E-state index contributed by atoms with van der Waals surface area (Å²) in [7, 11) is 0. The standard InChI is InChI=1S/C25H22N6O4/c32-22-25(23(33)29-24(34)28-22)8-1-11-31(25)19-3-5-21(27-13-19)35-20-4-2-16-14-30(15-17(16)12-20)18-6-9-26-10-7-18/h2-7,9-10,12-13H,1,8,11,14-15H2,(H2,28,29,32,33,34). The van der Waals surface area contributed by atoms with Gasteiger partial charge in [0.15, 0.2) is 5.54 Å². The highest BCUT2D eigenvalue weighted by atomic mass is 16.5. The normalized spacial score (nSPS) is 18.5. The van der Waals surface area contributed by atoms with Gasteiger partial charge in [0.2, 0.25) is 5.88 Å². The Morgan fingerprint density at radius 2 is 1.66 bits per heavy atom. The Hall–Kier alpha value is -4.47. The Labute approximate surface area is 200 Å². The summed E-state index contributed by atoms with van der Waals surface area (Å²) in [6.45, 7) is 2.11. The van der Waals surface area contributed by atoms with Crippen LogP contribution >= 0.6 is 0 Å². The molecule has 0 atom stereocenters. The molecule has 5 heterocycles. The lowest BCUT2D eigenvalue weighted by Gasteiger charge is -2.38. The molecular formula is C25H22N6O4. The molecule has 4 amide bonds. The fraction of sp³-hybridized carbons (Fsp3) is 0.240. The van der Waals surface area contributed by atoms with Gasteiger partial charge in [0, 0.05) is 43.8 Å². The van der Waals surface area contributed by atoms with Gasteiger partial charge in [-0.25, -0.2) is 9.78 Å². The van der Waals surface area contributed by atoms with Crippen molar-refractivity contribution in [3.05, 3.63) is 72.2 Å². The highest BCUT2D eigenvalue weighted by molar-refractivity contribution is 6.24. The number of anilines is 2. The molecule has 176 valence electrons. The molecule has 1 spiro atoms. The van der Waals surface area contributed by atoms with E-state index in [0.29, 0.717) is 36.7 Å². The first-order valence-electron chi connectivity index (χ1n) is 11.4. The van der Waals surface area contributed by atoms with Crippen LogP contribution in [0.2, 0.25) is 0 Å². The lowest BCUT2D eigenvalue weighted by molar-refractivity contribution is -0.137. The van der Waals surface area contributed by atoms with E-state index in [9.17, 15) is 14.4 Å². The van der Waals surface area contributed by atoms with E-state index in [2.05, 4.69) is 31.6 Å². The van der Waals surface area contributed by atoms with Crippen molar-refractivity contribution in [2.24, 2.45) is 0 Å². The number of imide groups is 2. The summed E-state index contributed by atoms with van der Waals surface area (Å²) in [6.07, 6.45) is 6.12. The lowest BCUT2D eigenvalue weighted by Crippen LogP contribution is -2.71. The Balaban J connectivity index is 1.18. The number of urea groups is 1. The number of rotatable bonds is 4. The number of aromatic nitrogens is 2. The second kappa shape index (κ2) is 8.08. The Morgan fingerprint density at radius 1 is 0.886 bits per heavy atom. The van der Waals surface area contributed by atoms with E-state index < -0.39 is 23.4 Å². The molecule has 3 aliphatic heterocycles. The summed E-state index contributed by atoms with van der Waals surface area (Å²) in [5.41, 5.74) is 2.73. The molecule has 0 saturated carbocycles. The van der Waals surface area contributed by atoms with Crippen molar-refractivity contribution in [2.45, 2.75) is 31.5 Å². The van der Waals surface area contributed by atoms with E-state index >= 15 is 0 Å². The largest absolute Gasteiger partial charge is 0.439 e. The third-order valence-corrected chi connectivity index (χ3v) is 6.77. The van der Waals surface area contributed by atoms with Crippen LogP contribution in [0.25, 0.3) is 0 Å². The van der Waals surface area contributed by atoms with Crippen LogP contribution in [0.1, 0.15) is 24.0 Å². The number of fused-ring (bicyclic) bond motifs is 1. The van der Waals surface area contributed by atoms with Crippen molar-refractivity contribution in [1.29, 1.82) is 0 Å². The Morgan fingerprint density at radius 3 is 2.40 bits per heavy atom. The number of ether oxygens (including phenoxy) is 1. The summed E-state index contributed by atoms with van der Waals surface area (Å²) in [4.78, 5) is 49.3. The highest BCUT2D eigenvalue weighted by Crippen LogP contribution is 2.37. The van der Waals surface area contributed by atoms with Gasteiger partial charge in [0.05, 0.1) is 11.9 Å². The van der Waals surface area contributed by atoms with Crippen LogP contribution < -0.4 is 25.2 Å². The van der Waals surface area contributed by atoms with E-state index in [0.717, 1.165) is 18.8 Å². The smallest absolute Gasteiger partial charge is 0.328 e. The van der Waals surface area contributed by atoms with E-state index in [4.69, 9.17) is 4.74 Å². The summed E-state index contributed by atoms with van der Waals surface area (Å²) in [5, 5.41) is 4.43. The van der Waals surface area contributed by atoms with E-state index in [1.807, 2.05) is 24.3 Å². The highest BCUT2D eigenvalue weighted by Gasteiger charge is 2.57. The number of barbiturate groups is 1. The molecule has 2 saturated heterocycles. The lowest BCUT2D eigenvalue weighted by atomic mass is 9.92. The molecule has 1 aromatic carbocycles. The number of amides is 4. The number of benzene rings is 1. The van der Waals surface area contributed by atoms with Gasteiger partial charge < -0.3 is 14.5 Å². The van der Waals surface area contributed by atoms with Gasteiger partial charge in [-0.05, 0) is 54.3 Å². The molecule has 10 nitrogen and oxygen atoms in total. The average Bonchev–Trinajstić information content (AvgIpc) is 3.49. The number of carbonyl (C=O) groups excluding carboxylic acids is 3. The summed E-state index contributed by atoms with van der Waals surface area (Å²) < 4.78 is 5.99. The number of nitrogens with zero attached hydrogens (tertiary/aromatic N) is 4. The second-order valence-corrected chi connectivity index (χ2v) is 8.80. The number of nitrogens with one attached hydrogen (secondary N) is 2. The van der Waals surface area contributed by atoms with Crippen LogP contribution in [0.5, 0.6) is 11.6 Å².